The van der Waals surface area contributed by atoms with Gasteiger partial charge in [-0.25, -0.2) is 0 Å². The number of carbonyl (C=O) groups is 1. The number of amides is 1. The number of methoxy groups -OCH3 is 2. The summed E-state index contributed by atoms with van der Waals surface area (Å²) < 4.78 is 10.2. The van der Waals surface area contributed by atoms with Crippen molar-refractivity contribution in [3.63, 3.8) is 0 Å². The van der Waals surface area contributed by atoms with Crippen molar-refractivity contribution in [2.45, 2.75) is 13.2 Å². The van der Waals surface area contributed by atoms with Gasteiger partial charge in [0.2, 0.25) is 0 Å². The van der Waals surface area contributed by atoms with E-state index in [4.69, 9.17) is 9.47 Å². The van der Waals surface area contributed by atoms with Gasteiger partial charge in [-0.15, -0.1) is 11.3 Å². The summed E-state index contributed by atoms with van der Waals surface area (Å²) in [5, 5.41) is 4.91. The molecule has 5 nitrogen and oxygen atoms in total. The van der Waals surface area contributed by atoms with Crippen LogP contribution in [0.25, 0.3) is 0 Å². The summed E-state index contributed by atoms with van der Waals surface area (Å²) in [7, 11) is 5.35. The Balaban J connectivity index is 1.72. The molecule has 24 heavy (non-hydrogen) atoms. The smallest absolute Gasteiger partial charge is 0.261 e. The average Bonchev–Trinajstić information content (AvgIpc) is 3.04. The summed E-state index contributed by atoms with van der Waals surface area (Å²) in [5.41, 5.74) is 2.25. The zero-order valence-corrected chi connectivity index (χ0v) is 15.2. The quantitative estimate of drug-likeness (QED) is 0.757. The van der Waals surface area contributed by atoms with Gasteiger partial charge in [0.1, 0.15) is 5.75 Å². The van der Waals surface area contributed by atoms with Gasteiger partial charge in [0.05, 0.1) is 18.6 Å². The lowest BCUT2D eigenvalue weighted by Gasteiger charge is -2.17. The van der Waals surface area contributed by atoms with Crippen LogP contribution in [0.4, 0.5) is 0 Å². The van der Waals surface area contributed by atoms with Crippen LogP contribution < -0.4 is 10.1 Å². The number of nitrogens with one attached hydrogen (secondary N) is 1. The van der Waals surface area contributed by atoms with Crippen molar-refractivity contribution < 1.29 is 14.3 Å². The van der Waals surface area contributed by atoms with Gasteiger partial charge in [0.25, 0.3) is 5.91 Å². The van der Waals surface area contributed by atoms with Crippen LogP contribution in [0.1, 0.15) is 20.8 Å². The first-order chi connectivity index (χ1) is 11.6. The molecule has 6 heteroatoms. The zero-order chi connectivity index (χ0) is 17.4. The van der Waals surface area contributed by atoms with Crippen molar-refractivity contribution in [1.29, 1.82) is 0 Å². The highest BCUT2D eigenvalue weighted by Crippen LogP contribution is 2.15. The van der Waals surface area contributed by atoms with Crippen LogP contribution >= 0.6 is 11.3 Å². The van der Waals surface area contributed by atoms with E-state index in [-0.39, 0.29) is 5.91 Å². The molecule has 0 unspecified atom stereocenters. The molecule has 0 aliphatic heterocycles. The Kier molecular flexibility index (Phi) is 7.24. The third-order valence-electron chi connectivity index (χ3n) is 3.58. The molecule has 2 aromatic rings. The Hall–Kier alpha value is -1.89. The van der Waals surface area contributed by atoms with Crippen LogP contribution in [0.15, 0.2) is 35.7 Å². The van der Waals surface area contributed by atoms with E-state index in [0.717, 1.165) is 29.3 Å². The molecule has 0 saturated heterocycles. The number of likely N-dealkylation sites (N-methyl/N-ethyl adjacent to an activating group) is 1. The Labute approximate surface area is 147 Å². The molecule has 1 heterocycles. The summed E-state index contributed by atoms with van der Waals surface area (Å²) in [6.45, 7) is 2.77. The second-order valence-corrected chi connectivity index (χ2v) is 6.51. The van der Waals surface area contributed by atoms with Gasteiger partial charge in [-0.1, -0.05) is 12.1 Å². The van der Waals surface area contributed by atoms with Crippen molar-refractivity contribution >= 4 is 17.2 Å². The predicted molar refractivity (Wildman–Crippen MR) is 96.7 cm³/mol. The molecule has 0 atom stereocenters. The average molecular weight is 348 g/mol. The fourth-order valence-electron chi connectivity index (χ4n) is 2.31. The van der Waals surface area contributed by atoms with Crippen LogP contribution in [0, 0.1) is 0 Å². The molecule has 0 fully saturated rings. The van der Waals surface area contributed by atoms with E-state index in [1.165, 1.54) is 16.9 Å². The van der Waals surface area contributed by atoms with E-state index >= 15 is 0 Å². The lowest BCUT2D eigenvalue weighted by molar-refractivity contribution is 0.0953. The Morgan fingerprint density at radius 2 is 1.96 bits per heavy atom. The van der Waals surface area contributed by atoms with Gasteiger partial charge in [0, 0.05) is 26.7 Å². The third kappa shape index (κ3) is 5.63. The molecule has 2 rings (SSSR count). The summed E-state index contributed by atoms with van der Waals surface area (Å²) in [6.07, 6.45) is 0. The molecule has 0 saturated carbocycles. The highest BCUT2D eigenvalue weighted by molar-refractivity contribution is 7.12. The molecule has 0 radical (unpaired) electrons. The highest BCUT2D eigenvalue weighted by atomic mass is 32.1. The number of thiophene rings is 1. The van der Waals surface area contributed by atoms with E-state index in [2.05, 4.69) is 22.3 Å². The lowest BCUT2D eigenvalue weighted by atomic mass is 10.2. The predicted octanol–water partition coefficient (Wildman–Crippen LogP) is 2.76. The maximum absolute atomic E-state index is 12.1. The number of ether oxygens (including phenoxy) is 2. The van der Waals surface area contributed by atoms with Crippen molar-refractivity contribution in [3.8, 4) is 5.75 Å². The first-order valence-electron chi connectivity index (χ1n) is 7.78. The molecule has 130 valence electrons. The maximum atomic E-state index is 12.1. The van der Waals surface area contributed by atoms with Gasteiger partial charge < -0.3 is 19.7 Å². The first-order valence-corrected chi connectivity index (χ1v) is 8.66. The van der Waals surface area contributed by atoms with Crippen molar-refractivity contribution in [1.82, 2.24) is 10.2 Å². The van der Waals surface area contributed by atoms with E-state index in [1.54, 1.807) is 14.2 Å². The van der Waals surface area contributed by atoms with Gasteiger partial charge in [-0.2, -0.15) is 0 Å². The molecule has 1 amide bonds. The molecule has 0 spiro atoms. The Bertz CT molecular complexity index is 640. The van der Waals surface area contributed by atoms with E-state index in [1.807, 2.05) is 30.6 Å². The fraction of sp³-hybridized carbons (Fsp3) is 0.389. The van der Waals surface area contributed by atoms with Crippen LogP contribution in [-0.2, 0) is 17.9 Å². The molecule has 1 aromatic carbocycles. The summed E-state index contributed by atoms with van der Waals surface area (Å²) >= 11 is 1.45. The molecule has 1 N–H and O–H groups in total. The summed E-state index contributed by atoms with van der Waals surface area (Å²) in [4.78, 5) is 15.0. The largest absolute Gasteiger partial charge is 0.497 e. The monoisotopic (exact) mass is 348 g/mol. The van der Waals surface area contributed by atoms with Crippen molar-refractivity contribution in [2.75, 3.05) is 34.4 Å². The summed E-state index contributed by atoms with van der Waals surface area (Å²) in [5.74, 6) is 0.831. The number of rotatable bonds is 9. The first kappa shape index (κ1) is 18.4. The number of carbonyl (C=O) groups excluding carboxylic acids is 1. The standard InChI is InChI=1S/C18H24N2O3S/c1-20(11-14-4-6-16(23-3)7-5-14)9-8-19-18(21)17-10-15(12-22-2)13-24-17/h4-7,10,13H,8-9,11-12H2,1-3H3,(H,19,21). The van der Waals surface area contributed by atoms with Crippen LogP contribution in [-0.4, -0.2) is 45.2 Å². The lowest BCUT2D eigenvalue weighted by Crippen LogP contribution is -2.32. The normalized spacial score (nSPS) is 10.8. The van der Waals surface area contributed by atoms with Crippen LogP contribution in [0.5, 0.6) is 5.75 Å². The molecule has 1 aromatic heterocycles. The third-order valence-corrected chi connectivity index (χ3v) is 4.56. The Morgan fingerprint density at radius 3 is 2.62 bits per heavy atom. The van der Waals surface area contributed by atoms with Crippen LogP contribution in [0.3, 0.4) is 0 Å². The van der Waals surface area contributed by atoms with E-state index < -0.39 is 0 Å². The van der Waals surface area contributed by atoms with Gasteiger partial charge in [-0.05, 0) is 41.8 Å². The minimum absolute atomic E-state index is 0.0276. The fourth-order valence-corrected chi connectivity index (χ4v) is 3.12. The van der Waals surface area contributed by atoms with Crippen LogP contribution in [0.2, 0.25) is 0 Å². The van der Waals surface area contributed by atoms with E-state index in [9.17, 15) is 4.79 Å². The molecule has 0 aliphatic rings. The number of benzene rings is 1. The van der Waals surface area contributed by atoms with Crippen molar-refractivity contribution in [3.05, 3.63) is 51.7 Å². The highest BCUT2D eigenvalue weighted by Gasteiger charge is 2.09. The topological polar surface area (TPSA) is 50.8 Å². The summed E-state index contributed by atoms with van der Waals surface area (Å²) in [6, 6.07) is 9.90. The minimum atomic E-state index is -0.0276. The van der Waals surface area contributed by atoms with E-state index in [0.29, 0.717) is 13.2 Å². The maximum Gasteiger partial charge on any atom is 0.261 e. The van der Waals surface area contributed by atoms with Gasteiger partial charge in [0.15, 0.2) is 0 Å². The molecule has 0 aliphatic carbocycles. The molecule has 0 bridgehead atoms. The zero-order valence-electron chi connectivity index (χ0n) is 14.4. The van der Waals surface area contributed by atoms with Gasteiger partial charge in [-0.3, -0.25) is 4.79 Å². The molecular weight excluding hydrogens is 324 g/mol. The van der Waals surface area contributed by atoms with Gasteiger partial charge >= 0.3 is 0 Å². The number of nitrogens with zero attached hydrogens (tertiary/aromatic N) is 1. The number of hydrogen-bond donors (Lipinski definition) is 1. The Morgan fingerprint density at radius 1 is 1.21 bits per heavy atom. The second-order valence-electron chi connectivity index (χ2n) is 5.59. The SMILES string of the molecule is COCc1csc(C(=O)NCCN(C)Cc2ccc(OC)cc2)c1. The molecular formula is C18H24N2O3S. The number of hydrogen-bond acceptors (Lipinski definition) is 5. The van der Waals surface area contributed by atoms with Crippen molar-refractivity contribution in [2.24, 2.45) is 0 Å². The second kappa shape index (κ2) is 9.42. The minimum Gasteiger partial charge on any atom is -0.497 e.